The Morgan fingerprint density at radius 3 is 2.63 bits per heavy atom. The molecule has 1 aliphatic heterocycles. The van der Waals surface area contributed by atoms with E-state index in [9.17, 15) is 4.79 Å². The van der Waals surface area contributed by atoms with Crippen LogP contribution >= 0.6 is 0 Å². The maximum atomic E-state index is 13.5. The van der Waals surface area contributed by atoms with E-state index in [0.717, 1.165) is 36.7 Å². The van der Waals surface area contributed by atoms with Gasteiger partial charge in [0.15, 0.2) is 5.65 Å². The molecule has 1 aliphatic carbocycles. The number of fused-ring (bicyclic) bond motifs is 2. The molecule has 6 heteroatoms. The number of rotatable bonds is 3. The summed E-state index contributed by atoms with van der Waals surface area (Å²) < 4.78 is 1.81. The summed E-state index contributed by atoms with van der Waals surface area (Å²) >= 11 is 0. The van der Waals surface area contributed by atoms with Crippen molar-refractivity contribution in [1.29, 1.82) is 0 Å². The zero-order chi connectivity index (χ0) is 19.7. The van der Waals surface area contributed by atoms with Crippen LogP contribution in [0.3, 0.4) is 0 Å². The number of likely N-dealkylation sites (tertiary alicyclic amines) is 1. The predicted molar refractivity (Wildman–Crippen MR) is 106 cm³/mol. The molecule has 0 bridgehead atoms. The van der Waals surface area contributed by atoms with Crippen LogP contribution < -0.4 is 0 Å². The summed E-state index contributed by atoms with van der Waals surface area (Å²) in [6.45, 7) is 13.3. The van der Waals surface area contributed by atoms with Crippen molar-refractivity contribution in [2.75, 3.05) is 33.7 Å². The molecule has 2 aromatic rings. The molecule has 4 rings (SSSR count). The van der Waals surface area contributed by atoms with Gasteiger partial charge in [0, 0.05) is 36.4 Å². The molecule has 0 unspecified atom stereocenters. The molecule has 2 aliphatic rings. The van der Waals surface area contributed by atoms with E-state index in [4.69, 9.17) is 0 Å². The highest BCUT2D eigenvalue weighted by atomic mass is 16.2. The Morgan fingerprint density at radius 2 is 2.00 bits per heavy atom. The lowest BCUT2D eigenvalue weighted by Crippen LogP contribution is -2.57. The summed E-state index contributed by atoms with van der Waals surface area (Å²) in [6, 6.07) is 2.00. The molecule has 146 valence electrons. The van der Waals surface area contributed by atoms with Crippen molar-refractivity contribution >= 4 is 11.6 Å². The largest absolute Gasteiger partial charge is 0.338 e. The second-order valence-electron chi connectivity index (χ2n) is 9.74. The van der Waals surface area contributed by atoms with Crippen LogP contribution in [0.2, 0.25) is 0 Å². The van der Waals surface area contributed by atoms with Gasteiger partial charge in [0.05, 0.1) is 5.69 Å². The zero-order valence-electron chi connectivity index (χ0n) is 17.6. The van der Waals surface area contributed by atoms with Crippen LogP contribution in [0.4, 0.5) is 0 Å². The maximum Gasteiger partial charge on any atom is 0.259 e. The van der Waals surface area contributed by atoms with Crippen molar-refractivity contribution in [3.8, 4) is 0 Å². The van der Waals surface area contributed by atoms with Crippen LogP contribution in [-0.2, 0) is 0 Å². The van der Waals surface area contributed by atoms with Gasteiger partial charge >= 0.3 is 0 Å². The molecular formula is C21H31N5O. The first kappa shape index (κ1) is 18.4. The molecule has 1 amide bonds. The normalized spacial score (nSPS) is 26.5. The molecule has 1 saturated carbocycles. The first-order valence-corrected chi connectivity index (χ1v) is 9.82. The lowest BCUT2D eigenvalue weighted by molar-refractivity contribution is -0.0789. The van der Waals surface area contributed by atoms with Crippen molar-refractivity contribution in [3.63, 3.8) is 0 Å². The number of nitrogens with zero attached hydrogens (tertiary/aromatic N) is 5. The van der Waals surface area contributed by atoms with Gasteiger partial charge in [0.25, 0.3) is 5.91 Å². The Balaban J connectivity index is 1.71. The highest BCUT2D eigenvalue weighted by Gasteiger charge is 2.63. The van der Waals surface area contributed by atoms with Gasteiger partial charge in [-0.3, -0.25) is 4.79 Å². The van der Waals surface area contributed by atoms with Crippen molar-refractivity contribution < 1.29 is 4.79 Å². The fourth-order valence-corrected chi connectivity index (χ4v) is 5.96. The standard InChI is InChI=1S/C21H31N5O/c1-13-8-14(2)26-18(22-13)17(15(3)23-26)19(27)25-9-16-20(4,5)10-21(16,12-25)11-24(6)7/h8,16H,9-12H2,1-7H3/t16-,21+/m1/s1. The SMILES string of the molecule is Cc1cc(C)n2nc(C)c(C(=O)N3C[C@@H]4C(C)(C)C[C@]4(CN(C)C)C3)c2n1. The Labute approximate surface area is 161 Å². The van der Waals surface area contributed by atoms with E-state index >= 15 is 0 Å². The van der Waals surface area contributed by atoms with Crippen LogP contribution in [0.15, 0.2) is 6.07 Å². The third-order valence-electron chi connectivity index (χ3n) is 6.60. The molecule has 2 aromatic heterocycles. The van der Waals surface area contributed by atoms with E-state index in [0.29, 0.717) is 22.5 Å². The van der Waals surface area contributed by atoms with Gasteiger partial charge in [-0.25, -0.2) is 9.50 Å². The number of amides is 1. The molecule has 1 saturated heterocycles. The molecule has 0 N–H and O–H groups in total. The molecule has 0 aromatic carbocycles. The van der Waals surface area contributed by atoms with Crippen molar-refractivity contribution in [1.82, 2.24) is 24.4 Å². The van der Waals surface area contributed by atoms with E-state index in [1.807, 2.05) is 26.8 Å². The second-order valence-corrected chi connectivity index (χ2v) is 9.74. The van der Waals surface area contributed by atoms with E-state index in [2.05, 4.69) is 47.8 Å². The van der Waals surface area contributed by atoms with Gasteiger partial charge < -0.3 is 9.80 Å². The molecule has 6 nitrogen and oxygen atoms in total. The first-order chi connectivity index (χ1) is 12.5. The fourth-order valence-electron chi connectivity index (χ4n) is 5.96. The second kappa shape index (κ2) is 5.77. The molecular weight excluding hydrogens is 338 g/mol. The fraction of sp³-hybridized carbons (Fsp3) is 0.667. The summed E-state index contributed by atoms with van der Waals surface area (Å²) in [5.41, 5.74) is 4.57. The number of aryl methyl sites for hydroxylation is 3. The number of aromatic nitrogens is 3. The van der Waals surface area contributed by atoms with Crippen LogP contribution in [-0.4, -0.2) is 64.0 Å². The van der Waals surface area contributed by atoms with Crippen LogP contribution in [0, 0.1) is 37.5 Å². The minimum atomic E-state index is 0.0864. The van der Waals surface area contributed by atoms with Crippen LogP contribution in [0.1, 0.15) is 47.7 Å². The zero-order valence-corrected chi connectivity index (χ0v) is 17.6. The monoisotopic (exact) mass is 369 g/mol. The molecule has 2 fully saturated rings. The van der Waals surface area contributed by atoms with E-state index in [1.165, 1.54) is 6.42 Å². The minimum Gasteiger partial charge on any atom is -0.338 e. The van der Waals surface area contributed by atoms with Crippen LogP contribution in [0.25, 0.3) is 5.65 Å². The van der Waals surface area contributed by atoms with Crippen molar-refractivity contribution in [3.05, 3.63) is 28.7 Å². The maximum absolute atomic E-state index is 13.5. The van der Waals surface area contributed by atoms with E-state index in [1.54, 1.807) is 4.52 Å². The quantitative estimate of drug-likeness (QED) is 0.835. The molecule has 3 heterocycles. The van der Waals surface area contributed by atoms with Gasteiger partial charge in [0.2, 0.25) is 0 Å². The van der Waals surface area contributed by atoms with Gasteiger partial charge in [-0.05, 0) is 58.7 Å². The predicted octanol–water partition coefficient (Wildman–Crippen LogP) is 2.70. The molecule has 27 heavy (non-hydrogen) atoms. The van der Waals surface area contributed by atoms with Crippen LogP contribution in [0.5, 0.6) is 0 Å². The minimum absolute atomic E-state index is 0.0864. The van der Waals surface area contributed by atoms with E-state index < -0.39 is 0 Å². The summed E-state index contributed by atoms with van der Waals surface area (Å²) in [6.07, 6.45) is 1.18. The average Bonchev–Trinajstić information content (AvgIpc) is 3.01. The average molecular weight is 370 g/mol. The van der Waals surface area contributed by atoms with Gasteiger partial charge in [-0.1, -0.05) is 13.8 Å². The third kappa shape index (κ3) is 2.68. The lowest BCUT2D eigenvalue weighted by atomic mass is 9.48. The number of hydrogen-bond acceptors (Lipinski definition) is 4. The molecule has 2 atom stereocenters. The van der Waals surface area contributed by atoms with Crippen molar-refractivity contribution in [2.24, 2.45) is 16.7 Å². The Hall–Kier alpha value is -1.95. The summed E-state index contributed by atoms with van der Waals surface area (Å²) in [5, 5.41) is 4.59. The van der Waals surface area contributed by atoms with Gasteiger partial charge in [-0.2, -0.15) is 5.10 Å². The topological polar surface area (TPSA) is 53.7 Å². The number of hydrogen-bond donors (Lipinski definition) is 0. The third-order valence-corrected chi connectivity index (χ3v) is 6.60. The van der Waals surface area contributed by atoms with Gasteiger partial charge in [0.1, 0.15) is 5.56 Å². The Morgan fingerprint density at radius 1 is 1.30 bits per heavy atom. The molecule has 0 radical (unpaired) electrons. The molecule has 0 spiro atoms. The highest BCUT2D eigenvalue weighted by Crippen LogP contribution is 2.63. The highest BCUT2D eigenvalue weighted by molar-refractivity contribution is 6.01. The summed E-state index contributed by atoms with van der Waals surface area (Å²) in [7, 11) is 4.26. The smallest absolute Gasteiger partial charge is 0.259 e. The number of carbonyl (C=O) groups excluding carboxylic acids is 1. The van der Waals surface area contributed by atoms with Gasteiger partial charge in [-0.15, -0.1) is 0 Å². The summed E-state index contributed by atoms with van der Waals surface area (Å²) in [5.74, 6) is 0.637. The first-order valence-electron chi connectivity index (χ1n) is 9.82. The van der Waals surface area contributed by atoms with Crippen molar-refractivity contribution in [2.45, 2.75) is 41.0 Å². The number of carbonyl (C=O) groups is 1. The lowest BCUT2D eigenvalue weighted by Gasteiger charge is -2.57. The Kier molecular flexibility index (Phi) is 3.94. The summed E-state index contributed by atoms with van der Waals surface area (Å²) in [4.78, 5) is 22.5. The Bertz CT molecular complexity index is 924. The van der Waals surface area contributed by atoms with E-state index in [-0.39, 0.29) is 11.3 Å².